The van der Waals surface area contributed by atoms with Crippen molar-refractivity contribution < 1.29 is 9.53 Å². The summed E-state index contributed by atoms with van der Waals surface area (Å²) in [5.41, 5.74) is 3.26. The van der Waals surface area contributed by atoms with Crippen molar-refractivity contribution in [2.45, 2.75) is 20.3 Å². The summed E-state index contributed by atoms with van der Waals surface area (Å²) >= 11 is 1.49. The Bertz CT molecular complexity index is 564. The predicted molar refractivity (Wildman–Crippen MR) is 72.0 cm³/mol. The van der Waals surface area contributed by atoms with Gasteiger partial charge in [0.15, 0.2) is 0 Å². The lowest BCUT2D eigenvalue weighted by molar-refractivity contribution is 0.0606. The number of carbonyl (C=O) groups excluding carboxylic acids is 1. The smallest absolute Gasteiger partial charge is 0.348 e. The van der Waals surface area contributed by atoms with Gasteiger partial charge in [-0.1, -0.05) is 6.92 Å². The third-order valence-corrected chi connectivity index (χ3v) is 4.15. The second-order valence-corrected chi connectivity index (χ2v) is 5.23. The molecule has 0 aliphatic heterocycles. The van der Waals surface area contributed by atoms with Crippen LogP contribution >= 0.6 is 11.3 Å². The highest BCUT2D eigenvalue weighted by molar-refractivity contribution is 7.14. The fourth-order valence-electron chi connectivity index (χ4n) is 2.03. The van der Waals surface area contributed by atoms with Crippen molar-refractivity contribution in [3.8, 4) is 11.3 Å². The predicted octanol–water partition coefficient (Wildman–Crippen LogP) is 2.81. The topological polar surface area (TPSA) is 44.1 Å². The average molecular weight is 264 g/mol. The van der Waals surface area contributed by atoms with E-state index in [1.54, 1.807) is 0 Å². The molecular formula is C13H16N2O2S. The van der Waals surface area contributed by atoms with E-state index in [2.05, 4.69) is 12.0 Å². The number of carbonyl (C=O) groups is 1. The van der Waals surface area contributed by atoms with Crippen molar-refractivity contribution in [3.63, 3.8) is 0 Å². The van der Waals surface area contributed by atoms with Crippen molar-refractivity contribution in [2.75, 3.05) is 7.11 Å². The van der Waals surface area contributed by atoms with Crippen LogP contribution < -0.4 is 0 Å². The van der Waals surface area contributed by atoms with Crippen LogP contribution in [0.1, 0.15) is 27.0 Å². The molecule has 5 heteroatoms. The van der Waals surface area contributed by atoms with Crippen LogP contribution in [0.3, 0.4) is 0 Å². The van der Waals surface area contributed by atoms with E-state index in [-0.39, 0.29) is 5.97 Å². The molecule has 2 heterocycles. The zero-order chi connectivity index (χ0) is 13.3. The van der Waals surface area contributed by atoms with E-state index in [0.29, 0.717) is 4.88 Å². The molecule has 0 aliphatic rings. The van der Waals surface area contributed by atoms with Gasteiger partial charge in [0, 0.05) is 17.5 Å². The van der Waals surface area contributed by atoms with Crippen LogP contribution in [0, 0.1) is 6.92 Å². The average Bonchev–Trinajstić information content (AvgIpc) is 2.92. The molecule has 0 unspecified atom stereocenters. The molecule has 0 saturated carbocycles. The number of methoxy groups -OCH3 is 1. The molecule has 0 fully saturated rings. The molecule has 18 heavy (non-hydrogen) atoms. The van der Waals surface area contributed by atoms with Crippen LogP contribution in [0.15, 0.2) is 12.3 Å². The molecule has 0 amide bonds. The van der Waals surface area contributed by atoms with Gasteiger partial charge in [-0.15, -0.1) is 11.3 Å². The van der Waals surface area contributed by atoms with Gasteiger partial charge in [0.1, 0.15) is 4.88 Å². The molecule has 0 aromatic carbocycles. The molecule has 2 aromatic rings. The van der Waals surface area contributed by atoms with Crippen molar-refractivity contribution in [3.05, 3.63) is 27.6 Å². The maximum Gasteiger partial charge on any atom is 0.348 e. The SMILES string of the molecule is CCc1sc(C(=O)OC)cc1-c1c(C)cnn1C. The number of nitrogens with zero attached hydrogens (tertiary/aromatic N) is 2. The van der Waals surface area contributed by atoms with Crippen LogP contribution in [0.2, 0.25) is 0 Å². The number of rotatable bonds is 3. The molecule has 2 rings (SSSR count). The Hall–Kier alpha value is -1.62. The van der Waals surface area contributed by atoms with E-state index in [1.807, 2.05) is 30.9 Å². The minimum atomic E-state index is -0.277. The fourth-order valence-corrected chi connectivity index (χ4v) is 3.05. The Labute approximate surface area is 110 Å². The summed E-state index contributed by atoms with van der Waals surface area (Å²) in [4.78, 5) is 13.4. The first kappa shape index (κ1) is 12.8. The Morgan fingerprint density at radius 3 is 2.78 bits per heavy atom. The van der Waals surface area contributed by atoms with E-state index in [9.17, 15) is 4.79 Å². The molecular weight excluding hydrogens is 248 g/mol. The zero-order valence-corrected chi connectivity index (χ0v) is 11.8. The number of hydrogen-bond acceptors (Lipinski definition) is 4. The summed E-state index contributed by atoms with van der Waals surface area (Å²) in [5, 5.41) is 4.25. The maximum atomic E-state index is 11.6. The first-order valence-corrected chi connectivity index (χ1v) is 6.60. The largest absolute Gasteiger partial charge is 0.465 e. The van der Waals surface area contributed by atoms with Gasteiger partial charge in [-0.3, -0.25) is 4.68 Å². The molecule has 0 N–H and O–H groups in total. The molecule has 96 valence electrons. The third kappa shape index (κ3) is 2.06. The summed E-state index contributed by atoms with van der Waals surface area (Å²) in [6, 6.07) is 1.90. The zero-order valence-electron chi connectivity index (χ0n) is 11.0. The van der Waals surface area contributed by atoms with Crippen LogP contribution in [0.5, 0.6) is 0 Å². The second-order valence-electron chi connectivity index (χ2n) is 4.09. The quantitative estimate of drug-likeness (QED) is 0.801. The third-order valence-electron chi connectivity index (χ3n) is 2.89. The number of aromatic nitrogens is 2. The van der Waals surface area contributed by atoms with Gasteiger partial charge in [-0.25, -0.2) is 4.79 Å². The fraction of sp³-hybridized carbons (Fsp3) is 0.385. The van der Waals surface area contributed by atoms with E-state index >= 15 is 0 Å². The lowest BCUT2D eigenvalue weighted by Crippen LogP contribution is -1.97. The van der Waals surface area contributed by atoms with Gasteiger partial charge >= 0.3 is 5.97 Å². The Morgan fingerprint density at radius 2 is 2.28 bits per heavy atom. The molecule has 0 spiro atoms. The molecule has 2 aromatic heterocycles. The summed E-state index contributed by atoms with van der Waals surface area (Å²) in [7, 11) is 3.32. The van der Waals surface area contributed by atoms with Gasteiger partial charge < -0.3 is 4.74 Å². The molecule has 0 radical (unpaired) electrons. The lowest BCUT2D eigenvalue weighted by Gasteiger charge is -2.03. The van der Waals surface area contributed by atoms with Gasteiger partial charge in [-0.05, 0) is 25.0 Å². The molecule has 4 nitrogen and oxygen atoms in total. The number of hydrogen-bond donors (Lipinski definition) is 0. The van der Waals surface area contributed by atoms with Crippen molar-refractivity contribution >= 4 is 17.3 Å². The monoisotopic (exact) mass is 264 g/mol. The van der Waals surface area contributed by atoms with Gasteiger partial charge in [-0.2, -0.15) is 5.10 Å². The van der Waals surface area contributed by atoms with Crippen molar-refractivity contribution in [1.82, 2.24) is 9.78 Å². The van der Waals surface area contributed by atoms with Crippen LogP contribution in [0.25, 0.3) is 11.3 Å². The van der Waals surface area contributed by atoms with Gasteiger partial charge in [0.05, 0.1) is 19.0 Å². The summed E-state index contributed by atoms with van der Waals surface area (Å²) in [5.74, 6) is -0.277. The lowest BCUT2D eigenvalue weighted by atomic mass is 10.1. The normalized spacial score (nSPS) is 10.7. The highest BCUT2D eigenvalue weighted by atomic mass is 32.1. The van der Waals surface area contributed by atoms with Crippen molar-refractivity contribution in [2.24, 2.45) is 7.05 Å². The summed E-state index contributed by atoms with van der Waals surface area (Å²) in [6.45, 7) is 4.11. The van der Waals surface area contributed by atoms with Gasteiger partial charge in [0.2, 0.25) is 0 Å². The standard InChI is InChI=1S/C13H16N2O2S/c1-5-10-9(6-11(18-10)13(16)17-4)12-8(2)7-14-15(12)3/h6-7H,5H2,1-4H3. The number of aryl methyl sites for hydroxylation is 3. The first-order valence-electron chi connectivity index (χ1n) is 5.78. The van der Waals surface area contributed by atoms with E-state index in [1.165, 1.54) is 23.3 Å². The minimum Gasteiger partial charge on any atom is -0.465 e. The number of thiophene rings is 1. The Balaban J connectivity index is 2.57. The molecule has 0 saturated heterocycles. The number of ether oxygens (including phenoxy) is 1. The first-order chi connectivity index (χ1) is 8.58. The van der Waals surface area contributed by atoms with E-state index in [4.69, 9.17) is 4.74 Å². The maximum absolute atomic E-state index is 11.6. The van der Waals surface area contributed by atoms with Crippen molar-refractivity contribution in [1.29, 1.82) is 0 Å². The molecule has 0 bridgehead atoms. The van der Waals surface area contributed by atoms with E-state index in [0.717, 1.165) is 23.2 Å². The summed E-state index contributed by atoms with van der Waals surface area (Å²) in [6.07, 6.45) is 2.73. The van der Waals surface area contributed by atoms with Crippen LogP contribution in [-0.4, -0.2) is 22.9 Å². The molecule has 0 aliphatic carbocycles. The minimum absolute atomic E-state index is 0.277. The second kappa shape index (κ2) is 4.94. The highest BCUT2D eigenvalue weighted by Gasteiger charge is 2.18. The molecule has 0 atom stereocenters. The number of esters is 1. The van der Waals surface area contributed by atoms with Crippen LogP contribution in [-0.2, 0) is 18.2 Å². The van der Waals surface area contributed by atoms with Crippen LogP contribution in [0.4, 0.5) is 0 Å². The Kier molecular flexibility index (Phi) is 3.52. The van der Waals surface area contributed by atoms with Gasteiger partial charge in [0.25, 0.3) is 0 Å². The Morgan fingerprint density at radius 1 is 1.56 bits per heavy atom. The summed E-state index contributed by atoms with van der Waals surface area (Å²) < 4.78 is 6.62. The van der Waals surface area contributed by atoms with E-state index < -0.39 is 0 Å². The highest BCUT2D eigenvalue weighted by Crippen LogP contribution is 2.33.